The summed E-state index contributed by atoms with van der Waals surface area (Å²) in [6.07, 6.45) is 4.14. The first kappa shape index (κ1) is 15.7. The highest BCUT2D eigenvalue weighted by Crippen LogP contribution is 2.11. The van der Waals surface area contributed by atoms with E-state index in [4.69, 9.17) is 5.26 Å². The zero-order valence-electron chi connectivity index (χ0n) is 11.2. The van der Waals surface area contributed by atoms with Gasteiger partial charge in [0.15, 0.2) is 0 Å². The summed E-state index contributed by atoms with van der Waals surface area (Å²) >= 11 is 0. The Labute approximate surface area is 115 Å². The van der Waals surface area contributed by atoms with Gasteiger partial charge in [-0.25, -0.2) is 13.1 Å². The maximum absolute atomic E-state index is 11.9. The molecule has 1 N–H and O–H groups in total. The lowest BCUT2D eigenvalue weighted by molar-refractivity contribution is 0.573. The fraction of sp³-hybridized carbons (Fsp3) is 0.500. The Hall–Kier alpha value is -1.38. The molecule has 0 aliphatic carbocycles. The number of nitriles is 1. The lowest BCUT2D eigenvalue weighted by atomic mass is 10.1. The average Bonchev–Trinajstić information content (AvgIpc) is 2.38. The quantitative estimate of drug-likeness (QED) is 0.744. The number of sulfonamides is 1. The lowest BCUT2D eigenvalue weighted by Gasteiger charge is -2.07. The predicted molar refractivity (Wildman–Crippen MR) is 75.9 cm³/mol. The number of unbranched alkanes of at least 4 members (excludes halogenated alkanes) is 3. The molecule has 0 saturated heterocycles. The zero-order chi connectivity index (χ0) is 14.1. The Morgan fingerprint density at radius 2 is 1.95 bits per heavy atom. The second kappa shape index (κ2) is 7.93. The molecule has 0 fully saturated rings. The molecule has 0 aliphatic heterocycles. The molecule has 0 aliphatic rings. The van der Waals surface area contributed by atoms with Crippen LogP contribution in [-0.4, -0.2) is 15.0 Å². The van der Waals surface area contributed by atoms with Crippen molar-refractivity contribution >= 4 is 10.0 Å². The number of nitrogens with one attached hydrogen (secondary N) is 1. The van der Waals surface area contributed by atoms with Crippen molar-refractivity contribution in [2.75, 3.05) is 6.54 Å². The zero-order valence-corrected chi connectivity index (χ0v) is 12.0. The van der Waals surface area contributed by atoms with E-state index in [9.17, 15) is 8.42 Å². The maximum Gasteiger partial charge on any atom is 0.215 e. The van der Waals surface area contributed by atoms with Gasteiger partial charge in [0.25, 0.3) is 0 Å². The molecule has 1 rings (SSSR count). The van der Waals surface area contributed by atoms with Crippen molar-refractivity contribution in [1.29, 1.82) is 5.26 Å². The Morgan fingerprint density at radius 1 is 1.21 bits per heavy atom. The largest absolute Gasteiger partial charge is 0.215 e. The van der Waals surface area contributed by atoms with Crippen molar-refractivity contribution in [3.8, 4) is 6.07 Å². The van der Waals surface area contributed by atoms with Crippen LogP contribution in [-0.2, 0) is 15.8 Å². The molecule has 0 heterocycles. The Morgan fingerprint density at radius 3 is 2.63 bits per heavy atom. The van der Waals surface area contributed by atoms with Crippen LogP contribution >= 0.6 is 0 Å². The van der Waals surface area contributed by atoms with Gasteiger partial charge in [0.2, 0.25) is 10.0 Å². The number of nitrogens with zero attached hydrogens (tertiary/aromatic N) is 1. The minimum absolute atomic E-state index is 0.134. The molecular formula is C14H20N2O2S. The molecule has 0 spiro atoms. The summed E-state index contributed by atoms with van der Waals surface area (Å²) in [5.41, 5.74) is 0.963. The van der Waals surface area contributed by atoms with E-state index in [-0.39, 0.29) is 5.75 Å². The van der Waals surface area contributed by atoms with Crippen molar-refractivity contribution < 1.29 is 8.42 Å². The van der Waals surface area contributed by atoms with Gasteiger partial charge in [-0.3, -0.25) is 0 Å². The van der Waals surface area contributed by atoms with Crippen LogP contribution < -0.4 is 4.72 Å². The Kier molecular flexibility index (Phi) is 6.54. The van der Waals surface area contributed by atoms with E-state index < -0.39 is 10.0 Å². The van der Waals surface area contributed by atoms with E-state index in [0.717, 1.165) is 25.7 Å². The van der Waals surface area contributed by atoms with Crippen molar-refractivity contribution in [3.05, 3.63) is 35.4 Å². The first-order valence-electron chi connectivity index (χ1n) is 6.54. The average molecular weight is 280 g/mol. The van der Waals surface area contributed by atoms with Crippen molar-refractivity contribution in [3.63, 3.8) is 0 Å². The van der Waals surface area contributed by atoms with Gasteiger partial charge in [0.05, 0.1) is 17.4 Å². The number of hydrogen-bond acceptors (Lipinski definition) is 3. The van der Waals surface area contributed by atoms with Gasteiger partial charge < -0.3 is 0 Å². The molecule has 5 heteroatoms. The number of hydrogen-bond donors (Lipinski definition) is 1. The first-order valence-corrected chi connectivity index (χ1v) is 8.19. The normalized spacial score (nSPS) is 11.2. The third-order valence-electron chi connectivity index (χ3n) is 2.84. The SMILES string of the molecule is CCCCCCNS(=O)(=O)Cc1ccccc1C#N. The second-order valence-electron chi connectivity index (χ2n) is 4.48. The highest BCUT2D eigenvalue weighted by atomic mass is 32.2. The maximum atomic E-state index is 11.9. The van der Waals surface area contributed by atoms with E-state index in [0.29, 0.717) is 17.7 Å². The van der Waals surface area contributed by atoms with Gasteiger partial charge in [-0.2, -0.15) is 5.26 Å². The molecule has 0 amide bonds. The highest BCUT2D eigenvalue weighted by molar-refractivity contribution is 7.88. The van der Waals surface area contributed by atoms with Gasteiger partial charge in [0, 0.05) is 6.54 Å². The monoisotopic (exact) mass is 280 g/mol. The van der Waals surface area contributed by atoms with Crippen LogP contribution in [0, 0.1) is 11.3 Å². The number of rotatable bonds is 8. The summed E-state index contributed by atoms with van der Waals surface area (Å²) in [6.45, 7) is 2.58. The summed E-state index contributed by atoms with van der Waals surface area (Å²) in [5, 5.41) is 8.92. The van der Waals surface area contributed by atoms with Crippen molar-refractivity contribution in [1.82, 2.24) is 4.72 Å². The van der Waals surface area contributed by atoms with Crippen LogP contribution in [0.15, 0.2) is 24.3 Å². The van der Waals surface area contributed by atoms with Crippen LogP contribution in [0.1, 0.15) is 43.7 Å². The predicted octanol–water partition coefficient (Wildman–Crippen LogP) is 2.56. The molecule has 0 atom stereocenters. The molecule has 0 radical (unpaired) electrons. The van der Waals surface area contributed by atoms with E-state index >= 15 is 0 Å². The standard InChI is InChI=1S/C14H20N2O2S/c1-2-3-4-7-10-16-19(17,18)12-14-9-6-5-8-13(14)11-15/h5-6,8-9,16H,2-4,7,10,12H2,1H3. The summed E-state index contributed by atoms with van der Waals surface area (Å²) in [4.78, 5) is 0. The highest BCUT2D eigenvalue weighted by Gasteiger charge is 2.13. The second-order valence-corrected chi connectivity index (χ2v) is 6.29. The fourth-order valence-corrected chi connectivity index (χ4v) is 3.01. The molecule has 4 nitrogen and oxygen atoms in total. The molecule has 0 unspecified atom stereocenters. The van der Waals surface area contributed by atoms with E-state index in [1.165, 1.54) is 0 Å². The minimum Gasteiger partial charge on any atom is -0.215 e. The first-order chi connectivity index (χ1) is 9.09. The Bertz CT molecular complexity index is 533. The smallest absolute Gasteiger partial charge is 0.215 e. The van der Waals surface area contributed by atoms with Gasteiger partial charge in [-0.05, 0) is 18.1 Å². The summed E-state index contributed by atoms with van der Waals surface area (Å²) in [6, 6.07) is 8.79. The van der Waals surface area contributed by atoms with Crippen LogP contribution in [0.4, 0.5) is 0 Å². The van der Waals surface area contributed by atoms with E-state index in [1.54, 1.807) is 24.3 Å². The van der Waals surface area contributed by atoms with Gasteiger partial charge >= 0.3 is 0 Å². The van der Waals surface area contributed by atoms with Crippen LogP contribution in [0.3, 0.4) is 0 Å². The molecular weight excluding hydrogens is 260 g/mol. The van der Waals surface area contributed by atoms with Crippen LogP contribution in [0.2, 0.25) is 0 Å². The third kappa shape index (κ3) is 5.86. The van der Waals surface area contributed by atoms with Gasteiger partial charge in [-0.1, -0.05) is 44.4 Å². The van der Waals surface area contributed by atoms with E-state index in [1.807, 2.05) is 6.07 Å². The number of benzene rings is 1. The van der Waals surface area contributed by atoms with Crippen LogP contribution in [0.25, 0.3) is 0 Å². The summed E-state index contributed by atoms with van der Waals surface area (Å²) in [7, 11) is -3.36. The Balaban J connectivity index is 2.53. The molecule has 0 aromatic heterocycles. The minimum atomic E-state index is -3.36. The molecule has 1 aromatic rings. The van der Waals surface area contributed by atoms with E-state index in [2.05, 4.69) is 11.6 Å². The summed E-state index contributed by atoms with van der Waals surface area (Å²) < 4.78 is 26.3. The molecule has 0 bridgehead atoms. The third-order valence-corrected chi connectivity index (χ3v) is 4.17. The molecule has 0 saturated carbocycles. The molecule has 104 valence electrons. The van der Waals surface area contributed by atoms with Crippen molar-refractivity contribution in [2.24, 2.45) is 0 Å². The van der Waals surface area contributed by atoms with Gasteiger partial charge in [-0.15, -0.1) is 0 Å². The fourth-order valence-electron chi connectivity index (χ4n) is 1.79. The summed E-state index contributed by atoms with van der Waals surface area (Å²) in [5.74, 6) is -0.134. The lowest BCUT2D eigenvalue weighted by Crippen LogP contribution is -2.26. The van der Waals surface area contributed by atoms with Gasteiger partial charge in [0.1, 0.15) is 0 Å². The van der Waals surface area contributed by atoms with Crippen LogP contribution in [0.5, 0.6) is 0 Å². The topological polar surface area (TPSA) is 70.0 Å². The van der Waals surface area contributed by atoms with Crippen molar-refractivity contribution in [2.45, 2.75) is 38.4 Å². The molecule has 1 aromatic carbocycles. The molecule has 19 heavy (non-hydrogen) atoms.